The van der Waals surface area contributed by atoms with Gasteiger partial charge in [0.1, 0.15) is 0 Å². The monoisotopic (exact) mass is 386 g/mol. The Morgan fingerprint density at radius 3 is 2.67 bits per heavy atom. The van der Waals surface area contributed by atoms with Gasteiger partial charge < -0.3 is 5.32 Å². The Balaban J connectivity index is 1.85. The van der Waals surface area contributed by atoms with Gasteiger partial charge in [0.2, 0.25) is 10.0 Å². The van der Waals surface area contributed by atoms with Crippen molar-refractivity contribution in [3.8, 4) is 0 Å². The fourth-order valence-corrected chi connectivity index (χ4v) is 5.37. The standard InChI is InChI=1S/C21H26N2O3S/c1-3-19-11-4-5-13-23(19)27(25,26)20-12-7-9-17(15-20)21(24)22-18-10-6-8-16(2)14-18/h6-10,12,14-15,19H,3-5,11,13H2,1-2H3,(H,22,24). The topological polar surface area (TPSA) is 66.5 Å². The highest BCUT2D eigenvalue weighted by molar-refractivity contribution is 7.89. The molecule has 2 aromatic carbocycles. The van der Waals surface area contributed by atoms with Crippen molar-refractivity contribution in [3.05, 3.63) is 59.7 Å². The zero-order valence-corrected chi connectivity index (χ0v) is 16.6. The molecule has 144 valence electrons. The van der Waals surface area contributed by atoms with Gasteiger partial charge in [0.25, 0.3) is 5.91 Å². The first-order valence-corrected chi connectivity index (χ1v) is 10.9. The fourth-order valence-electron chi connectivity index (χ4n) is 3.56. The Kier molecular flexibility index (Phi) is 5.97. The molecule has 1 unspecified atom stereocenters. The van der Waals surface area contributed by atoms with E-state index in [0.29, 0.717) is 17.8 Å². The van der Waals surface area contributed by atoms with Crippen molar-refractivity contribution in [2.45, 2.75) is 50.5 Å². The minimum Gasteiger partial charge on any atom is -0.322 e. The van der Waals surface area contributed by atoms with Crippen LogP contribution in [0.5, 0.6) is 0 Å². The molecule has 2 aromatic rings. The van der Waals surface area contributed by atoms with Gasteiger partial charge in [-0.1, -0.05) is 31.5 Å². The zero-order chi connectivity index (χ0) is 19.4. The molecular weight excluding hydrogens is 360 g/mol. The Hall–Kier alpha value is -2.18. The van der Waals surface area contributed by atoms with E-state index in [9.17, 15) is 13.2 Å². The maximum atomic E-state index is 13.1. The number of nitrogens with zero attached hydrogens (tertiary/aromatic N) is 1. The number of carbonyl (C=O) groups excluding carboxylic acids is 1. The van der Waals surface area contributed by atoms with Gasteiger partial charge in [0, 0.05) is 23.8 Å². The maximum absolute atomic E-state index is 13.1. The molecule has 0 aromatic heterocycles. The van der Waals surface area contributed by atoms with Crippen LogP contribution in [0, 0.1) is 6.92 Å². The second-order valence-corrected chi connectivity index (χ2v) is 8.92. The second kappa shape index (κ2) is 8.23. The third-order valence-corrected chi connectivity index (χ3v) is 6.97. The van der Waals surface area contributed by atoms with Crippen LogP contribution in [0.25, 0.3) is 0 Å². The number of sulfonamides is 1. The molecule has 0 radical (unpaired) electrons. The molecule has 0 saturated carbocycles. The van der Waals surface area contributed by atoms with Crippen molar-refractivity contribution >= 4 is 21.6 Å². The van der Waals surface area contributed by atoms with Crippen LogP contribution in [-0.2, 0) is 10.0 Å². The van der Waals surface area contributed by atoms with Gasteiger partial charge in [-0.2, -0.15) is 4.31 Å². The highest BCUT2D eigenvalue weighted by Crippen LogP contribution is 2.27. The van der Waals surface area contributed by atoms with E-state index in [1.807, 2.05) is 38.1 Å². The summed E-state index contributed by atoms with van der Waals surface area (Å²) in [4.78, 5) is 12.8. The van der Waals surface area contributed by atoms with Crippen LogP contribution in [0.4, 0.5) is 5.69 Å². The van der Waals surface area contributed by atoms with Gasteiger partial charge >= 0.3 is 0 Å². The Labute approximate surface area is 161 Å². The molecule has 0 spiro atoms. The lowest BCUT2D eigenvalue weighted by atomic mass is 10.0. The first-order chi connectivity index (χ1) is 12.9. The number of carbonyl (C=O) groups is 1. The SMILES string of the molecule is CCC1CCCCN1S(=O)(=O)c1cccc(C(=O)Nc2cccc(C)c2)c1. The van der Waals surface area contributed by atoms with Crippen LogP contribution in [0.2, 0.25) is 0 Å². The first-order valence-electron chi connectivity index (χ1n) is 9.41. The van der Waals surface area contributed by atoms with E-state index in [-0.39, 0.29) is 16.8 Å². The number of piperidine rings is 1. The lowest BCUT2D eigenvalue weighted by Gasteiger charge is -2.34. The van der Waals surface area contributed by atoms with Crippen molar-refractivity contribution < 1.29 is 13.2 Å². The molecule has 1 atom stereocenters. The summed E-state index contributed by atoms with van der Waals surface area (Å²) in [6, 6.07) is 13.8. The summed E-state index contributed by atoms with van der Waals surface area (Å²) in [6.45, 7) is 4.51. The lowest BCUT2D eigenvalue weighted by molar-refractivity contribution is 0.102. The molecule has 1 amide bonds. The molecule has 1 fully saturated rings. The highest BCUT2D eigenvalue weighted by atomic mass is 32.2. The van der Waals surface area contributed by atoms with Crippen molar-refractivity contribution in [1.82, 2.24) is 4.31 Å². The third-order valence-electron chi connectivity index (χ3n) is 5.02. The van der Waals surface area contributed by atoms with Gasteiger partial charge in [-0.3, -0.25) is 4.79 Å². The minimum atomic E-state index is -3.61. The number of benzene rings is 2. The van der Waals surface area contributed by atoms with Gasteiger partial charge in [0.15, 0.2) is 0 Å². The number of amides is 1. The van der Waals surface area contributed by atoms with E-state index < -0.39 is 10.0 Å². The van der Waals surface area contributed by atoms with Crippen LogP contribution in [-0.4, -0.2) is 31.2 Å². The van der Waals surface area contributed by atoms with Crippen LogP contribution in [0.1, 0.15) is 48.5 Å². The molecule has 1 heterocycles. The normalized spacial score (nSPS) is 18.2. The second-order valence-electron chi connectivity index (χ2n) is 7.03. The molecule has 1 saturated heterocycles. The van der Waals surface area contributed by atoms with E-state index in [2.05, 4.69) is 5.32 Å². The number of aryl methyl sites for hydroxylation is 1. The summed E-state index contributed by atoms with van der Waals surface area (Å²) in [5.74, 6) is -0.316. The number of rotatable bonds is 5. The zero-order valence-electron chi connectivity index (χ0n) is 15.8. The third kappa shape index (κ3) is 4.39. The average Bonchev–Trinajstić information content (AvgIpc) is 2.68. The summed E-state index contributed by atoms with van der Waals surface area (Å²) in [6.07, 6.45) is 3.63. The smallest absolute Gasteiger partial charge is 0.255 e. The summed E-state index contributed by atoms with van der Waals surface area (Å²) < 4.78 is 27.9. The average molecular weight is 387 g/mol. The van der Waals surface area contributed by atoms with Crippen LogP contribution in [0.15, 0.2) is 53.4 Å². The maximum Gasteiger partial charge on any atom is 0.255 e. The predicted octanol–water partition coefficient (Wildman–Crippen LogP) is 4.20. The van der Waals surface area contributed by atoms with Crippen LogP contribution in [0.3, 0.4) is 0 Å². The molecule has 6 heteroatoms. The van der Waals surface area contributed by atoms with E-state index in [1.165, 1.54) is 6.07 Å². The largest absolute Gasteiger partial charge is 0.322 e. The molecule has 0 bridgehead atoms. The Morgan fingerprint density at radius 1 is 1.15 bits per heavy atom. The van der Waals surface area contributed by atoms with Gasteiger partial charge in [-0.25, -0.2) is 8.42 Å². The predicted molar refractivity (Wildman–Crippen MR) is 107 cm³/mol. The molecular formula is C21H26N2O3S. The summed E-state index contributed by atoms with van der Waals surface area (Å²) in [7, 11) is -3.61. The van der Waals surface area contributed by atoms with E-state index >= 15 is 0 Å². The Bertz CT molecular complexity index is 925. The number of anilines is 1. The Morgan fingerprint density at radius 2 is 1.93 bits per heavy atom. The van der Waals surface area contributed by atoms with Gasteiger partial charge in [-0.15, -0.1) is 0 Å². The lowest BCUT2D eigenvalue weighted by Crippen LogP contribution is -2.43. The summed E-state index contributed by atoms with van der Waals surface area (Å²) >= 11 is 0. The summed E-state index contributed by atoms with van der Waals surface area (Å²) in [5.41, 5.74) is 2.07. The van der Waals surface area contributed by atoms with Crippen molar-refractivity contribution in [1.29, 1.82) is 0 Å². The molecule has 1 N–H and O–H groups in total. The quantitative estimate of drug-likeness (QED) is 0.837. The first kappa shape index (κ1) is 19.6. The van der Waals surface area contributed by atoms with Crippen LogP contribution >= 0.6 is 0 Å². The number of hydrogen-bond donors (Lipinski definition) is 1. The van der Waals surface area contributed by atoms with Gasteiger partial charge in [0.05, 0.1) is 4.90 Å². The van der Waals surface area contributed by atoms with Crippen LogP contribution < -0.4 is 5.32 Å². The molecule has 0 aliphatic carbocycles. The molecule has 27 heavy (non-hydrogen) atoms. The van der Waals surface area contributed by atoms with Crippen molar-refractivity contribution in [3.63, 3.8) is 0 Å². The van der Waals surface area contributed by atoms with E-state index in [4.69, 9.17) is 0 Å². The number of nitrogens with one attached hydrogen (secondary N) is 1. The van der Waals surface area contributed by atoms with E-state index in [1.54, 1.807) is 22.5 Å². The summed E-state index contributed by atoms with van der Waals surface area (Å²) in [5, 5.41) is 2.83. The fraction of sp³-hybridized carbons (Fsp3) is 0.381. The number of hydrogen-bond acceptors (Lipinski definition) is 3. The van der Waals surface area contributed by atoms with E-state index in [0.717, 1.165) is 31.2 Å². The molecule has 3 rings (SSSR count). The highest BCUT2D eigenvalue weighted by Gasteiger charge is 2.32. The van der Waals surface area contributed by atoms with Gasteiger partial charge in [-0.05, 0) is 62.1 Å². The molecule has 1 aliphatic heterocycles. The molecule has 1 aliphatic rings. The molecule has 5 nitrogen and oxygen atoms in total. The minimum absolute atomic E-state index is 0.0357. The van der Waals surface area contributed by atoms with Crippen molar-refractivity contribution in [2.24, 2.45) is 0 Å². The van der Waals surface area contributed by atoms with Crippen molar-refractivity contribution in [2.75, 3.05) is 11.9 Å².